The molecule has 2 aliphatic rings. The summed E-state index contributed by atoms with van der Waals surface area (Å²) in [4.78, 5) is 43.8. The number of carbonyl (C=O) groups excluding carboxylic acids is 3. The maximum absolute atomic E-state index is 13.7. The number of rotatable bonds is 8. The van der Waals surface area contributed by atoms with Crippen LogP contribution in [0.4, 0.5) is 9.18 Å². The van der Waals surface area contributed by atoms with Crippen LogP contribution in [0, 0.1) is 5.82 Å². The molecule has 1 N–H and O–H groups in total. The maximum atomic E-state index is 13.7. The number of methoxy groups -OCH3 is 1. The molecule has 4 amide bonds. The number of likely N-dealkylation sites (N-methyl/N-ethyl adjacent to an activating group) is 1. The van der Waals surface area contributed by atoms with Crippen LogP contribution in [0.5, 0.6) is 5.75 Å². The number of benzene rings is 2. The minimum atomic E-state index is -0.672. The first kappa shape index (κ1) is 27.4. The van der Waals surface area contributed by atoms with Gasteiger partial charge in [-0.25, -0.2) is 19.2 Å². The van der Waals surface area contributed by atoms with E-state index in [1.165, 1.54) is 12.1 Å². The minimum absolute atomic E-state index is 0.00409. The van der Waals surface area contributed by atoms with Gasteiger partial charge in [0.05, 0.1) is 26.2 Å². The summed E-state index contributed by atoms with van der Waals surface area (Å²) in [5, 5.41) is 6.11. The summed E-state index contributed by atoms with van der Waals surface area (Å²) in [6, 6.07) is 12.1. The van der Waals surface area contributed by atoms with Crippen LogP contribution in [-0.4, -0.2) is 77.1 Å². The summed E-state index contributed by atoms with van der Waals surface area (Å²) in [5.41, 5.74) is 1.69. The summed E-state index contributed by atoms with van der Waals surface area (Å²) >= 11 is 0. The fraction of sp³-hybridized carbons (Fsp3) is 0.464. The van der Waals surface area contributed by atoms with Crippen molar-refractivity contribution in [2.45, 2.75) is 57.9 Å². The van der Waals surface area contributed by atoms with Gasteiger partial charge in [-0.2, -0.15) is 0 Å². The molecule has 204 valence electrons. The van der Waals surface area contributed by atoms with E-state index in [9.17, 15) is 18.8 Å². The van der Waals surface area contributed by atoms with E-state index in [1.54, 1.807) is 46.1 Å². The Morgan fingerprint density at radius 3 is 2.45 bits per heavy atom. The first-order valence-corrected chi connectivity index (χ1v) is 13.0. The second-order valence-corrected chi connectivity index (χ2v) is 9.82. The molecule has 0 radical (unpaired) electrons. The van der Waals surface area contributed by atoms with Crippen molar-refractivity contribution in [3.63, 3.8) is 0 Å². The van der Waals surface area contributed by atoms with Crippen LogP contribution in [0.2, 0.25) is 0 Å². The monoisotopic (exact) mass is 525 g/mol. The highest BCUT2D eigenvalue weighted by atomic mass is 19.1. The smallest absolute Gasteiger partial charge is 0.334 e. The van der Waals surface area contributed by atoms with Gasteiger partial charge in [0.2, 0.25) is 11.8 Å². The van der Waals surface area contributed by atoms with Crippen LogP contribution < -0.4 is 10.1 Å². The first-order valence-electron chi connectivity index (χ1n) is 13.0. The number of carbonyl (C=O) groups is 3. The van der Waals surface area contributed by atoms with Crippen molar-refractivity contribution >= 4 is 17.8 Å². The summed E-state index contributed by atoms with van der Waals surface area (Å²) in [6.07, 6.45) is 1.48. The number of unbranched alkanes of at least 4 members (excludes halogenated alkanes) is 1. The normalized spacial score (nSPS) is 20.8. The third kappa shape index (κ3) is 5.60. The molecular weight excluding hydrogens is 489 g/mol. The lowest BCUT2D eigenvalue weighted by atomic mass is 9.98. The lowest BCUT2D eigenvalue weighted by molar-refractivity contribution is -0.189. The third-order valence-corrected chi connectivity index (χ3v) is 7.35. The van der Waals surface area contributed by atoms with E-state index in [2.05, 4.69) is 5.32 Å². The van der Waals surface area contributed by atoms with Crippen LogP contribution in [0.1, 0.15) is 50.3 Å². The van der Waals surface area contributed by atoms with Gasteiger partial charge in [0.15, 0.2) is 0 Å². The van der Waals surface area contributed by atoms with Crippen molar-refractivity contribution in [3.05, 3.63) is 65.5 Å². The van der Waals surface area contributed by atoms with E-state index in [-0.39, 0.29) is 42.8 Å². The number of nitrogens with one attached hydrogen (secondary N) is 1. The highest BCUT2D eigenvalue weighted by molar-refractivity contribution is 5.91. The van der Waals surface area contributed by atoms with Gasteiger partial charge >= 0.3 is 6.03 Å². The zero-order valence-electron chi connectivity index (χ0n) is 22.4. The zero-order valence-corrected chi connectivity index (χ0v) is 22.4. The van der Waals surface area contributed by atoms with Gasteiger partial charge < -0.3 is 19.9 Å². The van der Waals surface area contributed by atoms with E-state index in [0.717, 1.165) is 29.7 Å². The van der Waals surface area contributed by atoms with Crippen molar-refractivity contribution in [1.29, 1.82) is 0 Å². The number of ether oxygens (including phenoxy) is 1. The largest absolute Gasteiger partial charge is 0.497 e. The Hall–Kier alpha value is -3.66. The summed E-state index contributed by atoms with van der Waals surface area (Å²) in [5.74, 6) is 0.0470. The number of fused-ring (bicyclic) bond motifs is 1. The number of piperazine rings is 1. The van der Waals surface area contributed by atoms with Crippen molar-refractivity contribution in [3.8, 4) is 5.75 Å². The number of urea groups is 1. The maximum Gasteiger partial charge on any atom is 0.334 e. The molecule has 2 heterocycles. The molecule has 2 saturated heterocycles. The number of amides is 4. The molecule has 2 fully saturated rings. The van der Waals surface area contributed by atoms with E-state index < -0.39 is 12.2 Å². The SMILES string of the molecule is CCCC[C@H]1C(=O)N(C(C)c2ccc(F)cc2)C[C@H]2N1C(=O)CN(C)N2C(=O)NCc1ccc(OC)cc1. The van der Waals surface area contributed by atoms with E-state index in [4.69, 9.17) is 4.74 Å². The van der Waals surface area contributed by atoms with Crippen molar-refractivity contribution < 1.29 is 23.5 Å². The summed E-state index contributed by atoms with van der Waals surface area (Å²) in [6.45, 7) is 4.36. The fourth-order valence-electron chi connectivity index (χ4n) is 5.21. The molecule has 10 heteroatoms. The Labute approximate surface area is 223 Å². The molecular formula is C28H36FN5O4. The van der Waals surface area contributed by atoms with E-state index in [0.29, 0.717) is 13.0 Å². The van der Waals surface area contributed by atoms with Gasteiger partial charge in [0.1, 0.15) is 23.8 Å². The predicted molar refractivity (Wildman–Crippen MR) is 140 cm³/mol. The fourth-order valence-corrected chi connectivity index (χ4v) is 5.21. The second kappa shape index (κ2) is 11.8. The Bertz CT molecular complexity index is 1140. The average molecular weight is 526 g/mol. The Morgan fingerprint density at radius 1 is 1.13 bits per heavy atom. The standard InChI is InChI=1S/C28H36FN5O4/c1-5-6-7-24-27(36)32(19(2)21-10-12-22(29)13-11-21)17-25-33(24)26(35)18-31(3)34(25)28(37)30-16-20-8-14-23(38-4)15-9-20/h8-15,19,24-25H,5-7,16-18H2,1-4H3,(H,30,37)/t19?,24-,25-/m0/s1. The molecule has 4 rings (SSSR count). The van der Waals surface area contributed by atoms with Gasteiger partial charge in [0.25, 0.3) is 0 Å². The number of hydrogen-bond donors (Lipinski definition) is 1. The van der Waals surface area contributed by atoms with Crippen LogP contribution in [-0.2, 0) is 16.1 Å². The Kier molecular flexibility index (Phi) is 8.51. The highest BCUT2D eigenvalue weighted by Gasteiger charge is 2.51. The Balaban J connectivity index is 1.60. The third-order valence-electron chi connectivity index (χ3n) is 7.35. The minimum Gasteiger partial charge on any atom is -0.497 e. The highest BCUT2D eigenvalue weighted by Crippen LogP contribution is 2.33. The molecule has 3 atom stereocenters. The average Bonchev–Trinajstić information content (AvgIpc) is 2.91. The molecule has 1 unspecified atom stereocenters. The lowest BCUT2D eigenvalue weighted by Crippen LogP contribution is -2.76. The predicted octanol–water partition coefficient (Wildman–Crippen LogP) is 3.52. The number of nitrogens with zero attached hydrogens (tertiary/aromatic N) is 4. The van der Waals surface area contributed by atoms with Crippen molar-refractivity contribution in [2.75, 3.05) is 27.2 Å². The number of hydrazine groups is 1. The molecule has 0 saturated carbocycles. The van der Waals surface area contributed by atoms with Gasteiger partial charge in [-0.3, -0.25) is 9.59 Å². The topological polar surface area (TPSA) is 85.4 Å². The second-order valence-electron chi connectivity index (χ2n) is 9.82. The van der Waals surface area contributed by atoms with Gasteiger partial charge in [-0.05, 0) is 48.7 Å². The summed E-state index contributed by atoms with van der Waals surface area (Å²) in [7, 11) is 3.30. The van der Waals surface area contributed by atoms with Crippen molar-refractivity contribution in [2.24, 2.45) is 0 Å². The molecule has 2 aromatic rings. The molecule has 0 bridgehead atoms. The quantitative estimate of drug-likeness (QED) is 0.570. The van der Waals surface area contributed by atoms with E-state index in [1.807, 2.05) is 38.1 Å². The molecule has 0 spiro atoms. The summed E-state index contributed by atoms with van der Waals surface area (Å²) < 4.78 is 18.8. The zero-order chi connectivity index (χ0) is 27.4. The first-order chi connectivity index (χ1) is 18.2. The van der Waals surface area contributed by atoms with Crippen molar-refractivity contribution in [1.82, 2.24) is 25.1 Å². The Morgan fingerprint density at radius 2 is 1.82 bits per heavy atom. The molecule has 0 aromatic heterocycles. The molecule has 0 aliphatic carbocycles. The number of hydrogen-bond acceptors (Lipinski definition) is 5. The molecule has 2 aromatic carbocycles. The molecule has 38 heavy (non-hydrogen) atoms. The van der Waals surface area contributed by atoms with Gasteiger partial charge in [-0.1, -0.05) is 44.0 Å². The van der Waals surface area contributed by atoms with Crippen LogP contribution in [0.25, 0.3) is 0 Å². The van der Waals surface area contributed by atoms with Gasteiger partial charge in [-0.15, -0.1) is 0 Å². The molecule has 2 aliphatic heterocycles. The number of halogens is 1. The van der Waals surface area contributed by atoms with Crippen LogP contribution >= 0.6 is 0 Å². The van der Waals surface area contributed by atoms with E-state index >= 15 is 0 Å². The lowest BCUT2D eigenvalue weighted by Gasteiger charge is -2.55. The van der Waals surface area contributed by atoms with Crippen LogP contribution in [0.15, 0.2) is 48.5 Å². The van der Waals surface area contributed by atoms with Crippen LogP contribution in [0.3, 0.4) is 0 Å². The van der Waals surface area contributed by atoms with Gasteiger partial charge in [0, 0.05) is 13.6 Å². The molecule has 9 nitrogen and oxygen atoms in total.